The summed E-state index contributed by atoms with van der Waals surface area (Å²) in [7, 11) is 0. The van der Waals surface area contributed by atoms with Crippen molar-refractivity contribution in [2.75, 3.05) is 6.54 Å². The Hall–Kier alpha value is -2.80. The van der Waals surface area contributed by atoms with E-state index in [1.165, 1.54) is 12.0 Å². The molecule has 3 aromatic rings. The quantitative estimate of drug-likeness (QED) is 0.637. The van der Waals surface area contributed by atoms with Gasteiger partial charge in [0.25, 0.3) is 0 Å². The Kier molecular flexibility index (Phi) is 5.44. The van der Waals surface area contributed by atoms with Crippen LogP contribution in [-0.4, -0.2) is 43.0 Å². The molecule has 2 fully saturated rings. The van der Waals surface area contributed by atoms with E-state index in [4.69, 9.17) is 10.1 Å². The molecule has 0 spiro atoms. The molecule has 1 amide bonds. The zero-order valence-corrected chi connectivity index (χ0v) is 18.3. The second-order valence-electron chi connectivity index (χ2n) is 8.93. The van der Waals surface area contributed by atoms with E-state index in [-0.39, 0.29) is 5.91 Å². The largest absolute Gasteiger partial charge is 0.353 e. The molecule has 1 N–H and O–H groups in total. The molecule has 0 bridgehead atoms. The summed E-state index contributed by atoms with van der Waals surface area (Å²) < 4.78 is 1.97. The molecule has 31 heavy (non-hydrogen) atoms. The number of amides is 1. The van der Waals surface area contributed by atoms with Crippen molar-refractivity contribution in [2.45, 2.75) is 71.0 Å². The third-order valence-electron chi connectivity index (χ3n) is 6.54. The van der Waals surface area contributed by atoms with Gasteiger partial charge in [0.15, 0.2) is 5.65 Å². The molecule has 1 saturated carbocycles. The fourth-order valence-corrected chi connectivity index (χ4v) is 4.71. The van der Waals surface area contributed by atoms with Crippen LogP contribution in [-0.2, 0) is 17.8 Å². The van der Waals surface area contributed by atoms with Gasteiger partial charge < -0.3 is 5.32 Å². The second-order valence-corrected chi connectivity index (χ2v) is 8.93. The molecular formula is C24H30N6O. The summed E-state index contributed by atoms with van der Waals surface area (Å²) in [5.74, 6) is 0.138. The highest BCUT2D eigenvalue weighted by Crippen LogP contribution is 2.33. The van der Waals surface area contributed by atoms with Crippen LogP contribution in [0, 0.1) is 13.8 Å². The summed E-state index contributed by atoms with van der Waals surface area (Å²) in [6.07, 6.45) is 9.48. The number of nitrogens with zero attached hydrogens (tertiary/aromatic N) is 5. The third kappa shape index (κ3) is 4.32. The number of carbonyl (C=O) groups excluding carboxylic acids is 1. The van der Waals surface area contributed by atoms with Gasteiger partial charge in [-0.15, -0.1) is 0 Å². The molecule has 0 unspecified atom stereocenters. The highest BCUT2D eigenvalue weighted by molar-refractivity contribution is 5.76. The summed E-state index contributed by atoms with van der Waals surface area (Å²) in [5, 5.41) is 8.04. The summed E-state index contributed by atoms with van der Waals surface area (Å²) >= 11 is 0. The molecule has 3 aromatic heterocycles. The minimum absolute atomic E-state index is 0.138. The normalized spacial score (nSPS) is 19.2. The lowest BCUT2D eigenvalue weighted by Gasteiger charge is -2.22. The van der Waals surface area contributed by atoms with E-state index >= 15 is 0 Å². The van der Waals surface area contributed by atoms with Crippen LogP contribution in [0.15, 0.2) is 30.6 Å². The van der Waals surface area contributed by atoms with Gasteiger partial charge in [0.1, 0.15) is 0 Å². The number of hydrogen-bond acceptors (Lipinski definition) is 5. The van der Waals surface area contributed by atoms with E-state index in [1.807, 2.05) is 29.9 Å². The maximum atomic E-state index is 12.2. The van der Waals surface area contributed by atoms with Gasteiger partial charge in [-0.1, -0.05) is 6.07 Å². The van der Waals surface area contributed by atoms with Crippen LogP contribution in [0.5, 0.6) is 0 Å². The SMILES string of the molecule is Cc1nc2cc([C@@H]3CCCN3Cc3cccnc3)nn2c(C)c1CCC(=O)NC1CC1. The minimum atomic E-state index is 0.138. The van der Waals surface area contributed by atoms with Crippen LogP contribution in [0.2, 0.25) is 0 Å². The molecule has 0 radical (unpaired) electrons. The van der Waals surface area contributed by atoms with Crippen molar-refractivity contribution in [3.05, 3.63) is 58.8 Å². The van der Waals surface area contributed by atoms with Gasteiger partial charge in [0, 0.05) is 48.9 Å². The van der Waals surface area contributed by atoms with E-state index in [0.29, 0.717) is 24.9 Å². The Bertz CT molecular complexity index is 1090. The molecule has 1 atom stereocenters. The number of nitrogens with one attached hydrogen (secondary N) is 1. The average Bonchev–Trinajstić information content (AvgIpc) is 3.28. The van der Waals surface area contributed by atoms with Gasteiger partial charge in [-0.3, -0.25) is 14.7 Å². The minimum Gasteiger partial charge on any atom is -0.353 e. The van der Waals surface area contributed by atoms with Crippen molar-refractivity contribution in [3.63, 3.8) is 0 Å². The van der Waals surface area contributed by atoms with Gasteiger partial charge in [0.05, 0.1) is 11.7 Å². The predicted octanol–water partition coefficient (Wildman–Crippen LogP) is 3.29. The van der Waals surface area contributed by atoms with Crippen LogP contribution in [0.3, 0.4) is 0 Å². The number of fused-ring (bicyclic) bond motifs is 1. The van der Waals surface area contributed by atoms with Crippen molar-refractivity contribution in [1.29, 1.82) is 0 Å². The van der Waals surface area contributed by atoms with Gasteiger partial charge >= 0.3 is 0 Å². The van der Waals surface area contributed by atoms with Crippen LogP contribution < -0.4 is 5.32 Å². The van der Waals surface area contributed by atoms with Crippen molar-refractivity contribution in [2.24, 2.45) is 0 Å². The Morgan fingerprint density at radius 3 is 2.90 bits per heavy atom. The van der Waals surface area contributed by atoms with Crippen molar-refractivity contribution in [1.82, 2.24) is 29.8 Å². The lowest BCUT2D eigenvalue weighted by molar-refractivity contribution is -0.121. The highest BCUT2D eigenvalue weighted by Gasteiger charge is 2.29. The fourth-order valence-electron chi connectivity index (χ4n) is 4.71. The van der Waals surface area contributed by atoms with Crippen molar-refractivity contribution < 1.29 is 4.79 Å². The maximum absolute atomic E-state index is 12.2. The lowest BCUT2D eigenvalue weighted by atomic mass is 10.1. The van der Waals surface area contributed by atoms with Gasteiger partial charge in [-0.25, -0.2) is 9.50 Å². The molecule has 1 aliphatic carbocycles. The number of aromatic nitrogens is 4. The average molecular weight is 419 g/mol. The second kappa shape index (κ2) is 8.38. The molecule has 1 aliphatic heterocycles. The molecule has 2 aliphatic rings. The molecule has 162 valence electrons. The molecule has 7 heteroatoms. The number of carbonyl (C=O) groups is 1. The van der Waals surface area contributed by atoms with Gasteiger partial charge in [0.2, 0.25) is 5.91 Å². The molecule has 0 aromatic carbocycles. The summed E-state index contributed by atoms with van der Waals surface area (Å²) in [6.45, 7) is 6.09. The maximum Gasteiger partial charge on any atom is 0.220 e. The van der Waals surface area contributed by atoms with Gasteiger partial charge in [-0.2, -0.15) is 5.10 Å². The zero-order valence-electron chi connectivity index (χ0n) is 18.3. The molecule has 1 saturated heterocycles. The lowest BCUT2D eigenvalue weighted by Crippen LogP contribution is -2.25. The number of aryl methyl sites for hydroxylation is 2. The predicted molar refractivity (Wildman–Crippen MR) is 119 cm³/mol. The van der Waals surface area contributed by atoms with Crippen LogP contribution in [0.1, 0.15) is 66.4 Å². The third-order valence-corrected chi connectivity index (χ3v) is 6.54. The Labute approximate surface area is 182 Å². The number of hydrogen-bond donors (Lipinski definition) is 1. The molecule has 4 heterocycles. The summed E-state index contributed by atoms with van der Waals surface area (Å²) in [5.41, 5.74) is 6.42. The van der Waals surface area contributed by atoms with E-state index in [2.05, 4.69) is 34.3 Å². The zero-order chi connectivity index (χ0) is 21.4. The molecule has 5 rings (SSSR count). The van der Waals surface area contributed by atoms with E-state index < -0.39 is 0 Å². The highest BCUT2D eigenvalue weighted by atomic mass is 16.1. The number of rotatable bonds is 7. The van der Waals surface area contributed by atoms with Crippen molar-refractivity contribution in [3.8, 4) is 0 Å². The first-order chi connectivity index (χ1) is 15.1. The van der Waals surface area contributed by atoms with Crippen LogP contribution in [0.25, 0.3) is 5.65 Å². The first-order valence-electron chi connectivity index (χ1n) is 11.4. The topological polar surface area (TPSA) is 75.4 Å². The first-order valence-corrected chi connectivity index (χ1v) is 11.4. The summed E-state index contributed by atoms with van der Waals surface area (Å²) in [6, 6.07) is 6.97. The standard InChI is InChI=1S/C24H30N6O/c1-16-20(9-10-24(31)27-19-7-8-19)17(2)30-23(26-16)13-21(28-30)22-6-4-12-29(22)15-18-5-3-11-25-14-18/h3,5,11,13-14,19,22H,4,6-10,12,15H2,1-2H3,(H,27,31)/t22-/m0/s1. The number of likely N-dealkylation sites (tertiary alicyclic amines) is 1. The van der Waals surface area contributed by atoms with Crippen LogP contribution in [0.4, 0.5) is 0 Å². The Morgan fingerprint density at radius 2 is 2.13 bits per heavy atom. The fraction of sp³-hybridized carbons (Fsp3) is 0.500. The molecule has 7 nitrogen and oxygen atoms in total. The van der Waals surface area contributed by atoms with E-state index in [9.17, 15) is 4.79 Å². The summed E-state index contributed by atoms with van der Waals surface area (Å²) in [4.78, 5) is 23.7. The smallest absolute Gasteiger partial charge is 0.220 e. The van der Waals surface area contributed by atoms with E-state index in [0.717, 1.165) is 60.6 Å². The Balaban J connectivity index is 1.36. The van der Waals surface area contributed by atoms with Gasteiger partial charge in [-0.05, 0) is 69.7 Å². The molecular weight excluding hydrogens is 388 g/mol. The van der Waals surface area contributed by atoms with Crippen LogP contribution >= 0.6 is 0 Å². The number of pyridine rings is 1. The monoisotopic (exact) mass is 418 g/mol. The first kappa shape index (κ1) is 20.1. The van der Waals surface area contributed by atoms with Crippen molar-refractivity contribution >= 4 is 11.6 Å². The Morgan fingerprint density at radius 1 is 1.26 bits per heavy atom. The van der Waals surface area contributed by atoms with E-state index in [1.54, 1.807) is 0 Å².